The molecule has 0 radical (unpaired) electrons. The van der Waals surface area contributed by atoms with Crippen molar-refractivity contribution in [3.8, 4) is 11.3 Å². The van der Waals surface area contributed by atoms with E-state index < -0.39 is 0 Å². The minimum Gasteiger partial charge on any atom is -0.461 e. The van der Waals surface area contributed by atoms with E-state index in [2.05, 4.69) is 41.2 Å². The monoisotopic (exact) mass is 584 g/mol. The third-order valence-corrected chi connectivity index (χ3v) is 7.81. The van der Waals surface area contributed by atoms with Crippen LogP contribution < -0.4 is 5.32 Å². The predicted molar refractivity (Wildman–Crippen MR) is 157 cm³/mol. The molecule has 3 aliphatic heterocycles. The second-order valence-corrected chi connectivity index (χ2v) is 10.6. The fraction of sp³-hybridized carbons (Fsp3) is 0.533. The zero-order chi connectivity index (χ0) is 25.6. The van der Waals surface area contributed by atoms with Crippen molar-refractivity contribution in [2.45, 2.75) is 58.0 Å². The average Bonchev–Trinajstić information content (AvgIpc) is 3.68. The molecule has 8 heteroatoms. The van der Waals surface area contributed by atoms with Crippen LogP contribution in [0.4, 0.5) is 0 Å². The highest BCUT2D eigenvalue weighted by Gasteiger charge is 2.21. The number of carbonyl (C=O) groups excluding carboxylic acids is 1. The molecule has 206 valence electrons. The topological polar surface area (TPSA) is 70.8 Å². The Balaban J connectivity index is 0.000000425. The molecule has 1 amide bonds. The molecule has 3 fully saturated rings. The van der Waals surface area contributed by atoms with E-state index in [4.69, 9.17) is 9.15 Å². The first kappa shape index (κ1) is 28.7. The number of carbonyl (C=O) groups is 1. The Morgan fingerprint density at radius 1 is 1.05 bits per heavy atom. The van der Waals surface area contributed by atoms with E-state index in [1.54, 1.807) is 6.20 Å². The fourth-order valence-electron chi connectivity index (χ4n) is 5.46. The molecule has 2 aromatic heterocycles. The Bertz CT molecular complexity index is 1170. The fourth-order valence-corrected chi connectivity index (χ4v) is 5.46. The molecule has 1 N–H and O–H groups in total. The summed E-state index contributed by atoms with van der Waals surface area (Å²) in [5.41, 5.74) is 3.41. The lowest BCUT2D eigenvalue weighted by Gasteiger charge is -2.26. The van der Waals surface area contributed by atoms with Gasteiger partial charge >= 0.3 is 0 Å². The minimum absolute atomic E-state index is 0. The van der Waals surface area contributed by atoms with Crippen LogP contribution in [0.5, 0.6) is 0 Å². The number of ether oxygens (including phenoxy) is 1. The Kier molecular flexibility index (Phi) is 10.4. The summed E-state index contributed by atoms with van der Waals surface area (Å²) in [4.78, 5) is 21.5. The van der Waals surface area contributed by atoms with Crippen molar-refractivity contribution >= 4 is 33.9 Å². The molecule has 6 rings (SSSR count). The summed E-state index contributed by atoms with van der Waals surface area (Å²) in [6.45, 7) is 10.5. The van der Waals surface area contributed by atoms with Crippen molar-refractivity contribution in [2.24, 2.45) is 0 Å². The predicted octanol–water partition coefficient (Wildman–Crippen LogP) is 5.33. The van der Waals surface area contributed by atoms with Crippen LogP contribution in [-0.2, 0) is 11.2 Å². The van der Waals surface area contributed by atoms with Crippen LogP contribution >= 0.6 is 17.0 Å². The van der Waals surface area contributed by atoms with Crippen LogP contribution in [0.3, 0.4) is 0 Å². The van der Waals surface area contributed by atoms with E-state index in [0.29, 0.717) is 37.9 Å². The highest BCUT2D eigenvalue weighted by molar-refractivity contribution is 8.93. The number of nitrogens with zero attached hydrogens (tertiary/aromatic N) is 3. The van der Waals surface area contributed by atoms with Gasteiger partial charge in [0.05, 0.1) is 24.5 Å². The van der Waals surface area contributed by atoms with Crippen LogP contribution in [0.1, 0.15) is 55.6 Å². The number of halogens is 1. The number of hydrogen-bond donors (Lipinski definition) is 1. The molecule has 3 aromatic rings. The molecule has 0 aliphatic carbocycles. The summed E-state index contributed by atoms with van der Waals surface area (Å²) < 4.78 is 11.4. The molecule has 0 saturated carbocycles. The Hall–Kier alpha value is -2.26. The molecule has 5 heterocycles. The maximum absolute atomic E-state index is 12.6. The van der Waals surface area contributed by atoms with Crippen LogP contribution in [0.2, 0.25) is 0 Å². The second-order valence-electron chi connectivity index (χ2n) is 10.6. The molecule has 3 saturated heterocycles. The van der Waals surface area contributed by atoms with E-state index in [9.17, 15) is 4.79 Å². The lowest BCUT2D eigenvalue weighted by Crippen LogP contribution is -2.40. The van der Waals surface area contributed by atoms with Gasteiger partial charge < -0.3 is 24.3 Å². The molecule has 7 nitrogen and oxygen atoms in total. The maximum Gasteiger partial charge on any atom is 0.255 e. The summed E-state index contributed by atoms with van der Waals surface area (Å²) in [6, 6.07) is 13.6. The van der Waals surface area contributed by atoms with Gasteiger partial charge in [-0.3, -0.25) is 9.78 Å². The first-order chi connectivity index (χ1) is 18.1. The Labute approximate surface area is 236 Å². The van der Waals surface area contributed by atoms with Crippen molar-refractivity contribution in [1.29, 1.82) is 0 Å². The highest BCUT2D eigenvalue weighted by Crippen LogP contribution is 2.27. The molecule has 1 aromatic carbocycles. The number of fused-ring (bicyclic) bond motifs is 1. The van der Waals surface area contributed by atoms with Gasteiger partial charge in [-0.1, -0.05) is 0 Å². The van der Waals surface area contributed by atoms with Gasteiger partial charge in [-0.2, -0.15) is 0 Å². The van der Waals surface area contributed by atoms with Gasteiger partial charge in [0.2, 0.25) is 0 Å². The quantitative estimate of drug-likeness (QED) is 0.437. The smallest absolute Gasteiger partial charge is 0.255 e. The van der Waals surface area contributed by atoms with Gasteiger partial charge in [-0.05, 0) is 89.0 Å². The van der Waals surface area contributed by atoms with Crippen molar-refractivity contribution in [3.05, 3.63) is 53.9 Å². The number of pyridine rings is 1. The van der Waals surface area contributed by atoms with Crippen LogP contribution in [0.15, 0.2) is 47.0 Å². The number of aromatic nitrogens is 1. The molecule has 0 unspecified atom stereocenters. The van der Waals surface area contributed by atoms with Gasteiger partial charge in [0.1, 0.15) is 11.3 Å². The molecule has 0 bridgehead atoms. The number of furan rings is 1. The molecule has 2 atom stereocenters. The standard InChI is InChI=1S/C25H29N3O3.C5H11N.BrH/c1-18-3-2-9-27(18)10-8-22-16-21-15-19(5-7-24(21)31-22)23-6-4-20(17-26-23)25(29)28-11-13-30-14-12-28;1-5-3-2-4-6-5;/h4-7,15-18H,2-3,8-14H2,1H3;5-6H,2-4H2,1H3;1H/t18-;5-;/m00./s1. The number of likely N-dealkylation sites (tertiary alicyclic amines) is 1. The van der Waals surface area contributed by atoms with Gasteiger partial charge in [0.25, 0.3) is 5.91 Å². The summed E-state index contributed by atoms with van der Waals surface area (Å²) in [7, 11) is 0. The van der Waals surface area contributed by atoms with Gasteiger partial charge in [-0.15, -0.1) is 17.0 Å². The minimum atomic E-state index is 0. The third-order valence-electron chi connectivity index (χ3n) is 7.81. The summed E-state index contributed by atoms with van der Waals surface area (Å²) >= 11 is 0. The summed E-state index contributed by atoms with van der Waals surface area (Å²) in [5.74, 6) is 1.05. The number of nitrogens with one attached hydrogen (secondary N) is 1. The zero-order valence-corrected chi connectivity index (χ0v) is 24.4. The third kappa shape index (κ3) is 7.23. The van der Waals surface area contributed by atoms with E-state index in [-0.39, 0.29) is 22.9 Å². The number of morpholine rings is 1. The van der Waals surface area contributed by atoms with Crippen molar-refractivity contribution in [3.63, 3.8) is 0 Å². The first-order valence-corrected chi connectivity index (χ1v) is 13.9. The van der Waals surface area contributed by atoms with E-state index >= 15 is 0 Å². The Morgan fingerprint density at radius 3 is 2.53 bits per heavy atom. The van der Waals surface area contributed by atoms with Crippen molar-refractivity contribution < 1.29 is 13.9 Å². The molecular formula is C30H41BrN4O3. The van der Waals surface area contributed by atoms with E-state index in [0.717, 1.165) is 47.0 Å². The van der Waals surface area contributed by atoms with E-state index in [1.165, 1.54) is 38.8 Å². The number of benzene rings is 1. The zero-order valence-electron chi connectivity index (χ0n) is 22.7. The van der Waals surface area contributed by atoms with Gasteiger partial charge in [0.15, 0.2) is 0 Å². The van der Waals surface area contributed by atoms with Crippen LogP contribution in [0, 0.1) is 0 Å². The molecule has 38 heavy (non-hydrogen) atoms. The SMILES string of the molecule is Br.C[C@H]1CCCN1.C[C@H]1CCCN1CCc1cc2cc(-c3ccc(C(=O)N4CCOCC4)cn3)ccc2o1. The van der Waals surface area contributed by atoms with Gasteiger partial charge in [-0.25, -0.2) is 0 Å². The highest BCUT2D eigenvalue weighted by atomic mass is 79.9. The average molecular weight is 586 g/mol. The first-order valence-electron chi connectivity index (χ1n) is 13.9. The molecule has 3 aliphatic rings. The molecular weight excluding hydrogens is 544 g/mol. The number of rotatable bonds is 5. The summed E-state index contributed by atoms with van der Waals surface area (Å²) in [6.07, 6.45) is 7.96. The van der Waals surface area contributed by atoms with E-state index in [1.807, 2.05) is 29.2 Å². The normalized spacial score (nSPS) is 21.7. The number of hydrogen-bond acceptors (Lipinski definition) is 6. The van der Waals surface area contributed by atoms with Crippen molar-refractivity contribution in [1.82, 2.24) is 20.1 Å². The number of amides is 1. The summed E-state index contributed by atoms with van der Waals surface area (Å²) in [5, 5.41) is 4.41. The van der Waals surface area contributed by atoms with Crippen LogP contribution in [0.25, 0.3) is 22.2 Å². The largest absolute Gasteiger partial charge is 0.461 e. The van der Waals surface area contributed by atoms with Gasteiger partial charge in [0, 0.05) is 55.3 Å². The van der Waals surface area contributed by atoms with Crippen molar-refractivity contribution in [2.75, 3.05) is 45.9 Å². The Morgan fingerprint density at radius 2 is 1.89 bits per heavy atom. The molecule has 0 spiro atoms. The lowest BCUT2D eigenvalue weighted by atomic mass is 10.1. The van der Waals surface area contributed by atoms with Crippen LogP contribution in [-0.4, -0.2) is 78.7 Å². The second kappa shape index (κ2) is 13.7. The maximum atomic E-state index is 12.6. The lowest BCUT2D eigenvalue weighted by molar-refractivity contribution is 0.0302.